The first-order chi connectivity index (χ1) is 12.1. The Morgan fingerprint density at radius 2 is 1.40 bits per heavy atom. The molecule has 138 valence electrons. The summed E-state index contributed by atoms with van der Waals surface area (Å²) in [6.07, 6.45) is 0. The average Bonchev–Trinajstić information content (AvgIpc) is 3.11. The minimum absolute atomic E-state index is 0.921. The van der Waals surface area contributed by atoms with Crippen LogP contribution in [-0.4, -0.2) is 49.6 Å². The van der Waals surface area contributed by atoms with Crippen molar-refractivity contribution in [3.63, 3.8) is 0 Å². The molecule has 0 fully saturated rings. The number of hydrogen-bond acceptors (Lipinski definition) is 6. The molecular formula is C17H25N3S5. The lowest BCUT2D eigenvalue weighted by Crippen LogP contribution is -2.28. The van der Waals surface area contributed by atoms with Crippen LogP contribution in [0.4, 0.5) is 0 Å². The number of aromatic nitrogens is 1. The van der Waals surface area contributed by atoms with Crippen molar-refractivity contribution >= 4 is 76.2 Å². The maximum absolute atomic E-state index is 5.34. The maximum atomic E-state index is 5.34. The fourth-order valence-corrected chi connectivity index (χ4v) is 5.68. The number of nitrogens with zero attached hydrogens (tertiary/aromatic N) is 3. The largest absolute Gasteiger partial charge is 0.357 e. The van der Waals surface area contributed by atoms with E-state index in [2.05, 4.69) is 48.5 Å². The molecule has 0 spiro atoms. The summed E-state index contributed by atoms with van der Waals surface area (Å²) >= 11 is 12.4. The molecule has 1 heterocycles. The first-order valence-corrected chi connectivity index (χ1v) is 12.1. The standard InChI is InChI=1S/C10H20N2S4.C7H5NS/c1-5-11(6-2)9(13)15-16-10(14)12(7-3)8-4;1-2-4-7-6(3-1)8-5-9-7/h5-8H2,1-4H3;1-5H. The van der Waals surface area contributed by atoms with E-state index < -0.39 is 0 Å². The van der Waals surface area contributed by atoms with Crippen LogP contribution >= 0.6 is 57.4 Å². The van der Waals surface area contributed by atoms with Crippen molar-refractivity contribution in [1.82, 2.24) is 14.8 Å². The van der Waals surface area contributed by atoms with E-state index >= 15 is 0 Å². The van der Waals surface area contributed by atoms with Crippen LogP contribution in [-0.2, 0) is 0 Å². The van der Waals surface area contributed by atoms with Gasteiger partial charge < -0.3 is 9.80 Å². The molecule has 0 saturated heterocycles. The zero-order valence-corrected chi connectivity index (χ0v) is 19.2. The number of fused-ring (bicyclic) bond motifs is 1. The highest BCUT2D eigenvalue weighted by atomic mass is 33.1. The van der Waals surface area contributed by atoms with Gasteiger partial charge in [-0.15, -0.1) is 11.3 Å². The Bertz CT molecular complexity index is 596. The van der Waals surface area contributed by atoms with Gasteiger partial charge in [-0.1, -0.05) is 36.6 Å². The van der Waals surface area contributed by atoms with Gasteiger partial charge in [0.15, 0.2) is 0 Å². The molecule has 0 N–H and O–H groups in total. The SMILES string of the molecule is CCN(CC)C(=S)SSC(=S)N(CC)CC.c1ccc2scnc2c1. The lowest BCUT2D eigenvalue weighted by Gasteiger charge is -2.23. The van der Waals surface area contributed by atoms with Crippen LogP contribution in [0.15, 0.2) is 29.8 Å². The van der Waals surface area contributed by atoms with E-state index in [0.29, 0.717) is 0 Å². The van der Waals surface area contributed by atoms with Crippen LogP contribution in [0, 0.1) is 0 Å². The highest BCUT2D eigenvalue weighted by Gasteiger charge is 2.11. The molecular weight excluding hydrogens is 407 g/mol. The Balaban J connectivity index is 0.000000286. The summed E-state index contributed by atoms with van der Waals surface area (Å²) in [7, 11) is 3.18. The Morgan fingerprint density at radius 3 is 1.84 bits per heavy atom. The molecule has 0 saturated carbocycles. The summed E-state index contributed by atoms with van der Waals surface area (Å²) in [5.41, 5.74) is 2.97. The number of rotatable bonds is 4. The zero-order valence-electron chi connectivity index (χ0n) is 15.1. The molecule has 8 heteroatoms. The average molecular weight is 432 g/mol. The molecule has 0 bridgehead atoms. The third-order valence-corrected chi connectivity index (χ3v) is 8.01. The van der Waals surface area contributed by atoms with Crippen LogP contribution in [0.3, 0.4) is 0 Å². The Hall–Kier alpha value is -0.410. The molecule has 2 rings (SSSR count). The van der Waals surface area contributed by atoms with E-state index in [-0.39, 0.29) is 0 Å². The number of thiocarbonyl (C=S) groups is 2. The van der Waals surface area contributed by atoms with Crippen molar-refractivity contribution in [2.24, 2.45) is 0 Å². The summed E-state index contributed by atoms with van der Waals surface area (Å²) in [4.78, 5) is 8.47. The summed E-state index contributed by atoms with van der Waals surface area (Å²) < 4.78 is 3.10. The van der Waals surface area contributed by atoms with Gasteiger partial charge in [-0.05, 0) is 61.4 Å². The monoisotopic (exact) mass is 431 g/mol. The smallest absolute Gasteiger partial charge is 0.147 e. The van der Waals surface area contributed by atoms with Crippen molar-refractivity contribution in [2.75, 3.05) is 26.2 Å². The van der Waals surface area contributed by atoms with Gasteiger partial charge in [-0.3, -0.25) is 0 Å². The van der Waals surface area contributed by atoms with Crippen molar-refractivity contribution in [1.29, 1.82) is 0 Å². The molecule has 1 aromatic carbocycles. The molecule has 3 nitrogen and oxygen atoms in total. The predicted molar refractivity (Wildman–Crippen MR) is 126 cm³/mol. The third kappa shape index (κ3) is 7.78. The van der Waals surface area contributed by atoms with E-state index in [1.165, 1.54) is 4.70 Å². The molecule has 2 aromatic rings. The molecule has 0 aliphatic carbocycles. The molecule has 0 amide bonds. The second kappa shape index (κ2) is 12.9. The van der Waals surface area contributed by atoms with E-state index in [9.17, 15) is 0 Å². The predicted octanol–water partition coefficient (Wildman–Crippen LogP) is 5.92. The number of thiazole rings is 1. The molecule has 0 radical (unpaired) electrons. The zero-order chi connectivity index (χ0) is 18.7. The van der Waals surface area contributed by atoms with Crippen molar-refractivity contribution in [2.45, 2.75) is 27.7 Å². The fourth-order valence-electron chi connectivity index (χ4n) is 1.94. The number of para-hydroxylation sites is 1. The number of benzene rings is 1. The highest BCUT2D eigenvalue weighted by molar-refractivity contribution is 8.89. The van der Waals surface area contributed by atoms with Gasteiger partial charge in [-0.25, -0.2) is 4.98 Å². The first-order valence-electron chi connectivity index (χ1n) is 8.27. The third-order valence-electron chi connectivity index (χ3n) is 3.46. The topological polar surface area (TPSA) is 19.4 Å². The summed E-state index contributed by atoms with van der Waals surface area (Å²) in [5.74, 6) is 0. The summed E-state index contributed by atoms with van der Waals surface area (Å²) in [6.45, 7) is 12.3. The quantitative estimate of drug-likeness (QED) is 0.436. The van der Waals surface area contributed by atoms with Crippen LogP contribution in [0.2, 0.25) is 0 Å². The fraction of sp³-hybridized carbons (Fsp3) is 0.471. The van der Waals surface area contributed by atoms with Crippen LogP contribution in [0.5, 0.6) is 0 Å². The number of hydrogen-bond donors (Lipinski definition) is 0. The van der Waals surface area contributed by atoms with E-state index in [4.69, 9.17) is 24.4 Å². The van der Waals surface area contributed by atoms with Gasteiger partial charge in [0.25, 0.3) is 0 Å². The van der Waals surface area contributed by atoms with Gasteiger partial charge in [-0.2, -0.15) is 0 Å². The van der Waals surface area contributed by atoms with Gasteiger partial charge in [0.1, 0.15) is 8.64 Å². The van der Waals surface area contributed by atoms with Crippen LogP contribution in [0.25, 0.3) is 10.2 Å². The normalized spacial score (nSPS) is 10.1. The van der Waals surface area contributed by atoms with E-state index in [1.54, 1.807) is 32.9 Å². The van der Waals surface area contributed by atoms with Gasteiger partial charge in [0.2, 0.25) is 0 Å². The summed E-state index contributed by atoms with van der Waals surface area (Å²) in [6, 6.07) is 8.13. The second-order valence-corrected chi connectivity index (χ2v) is 9.15. The molecule has 0 aliphatic rings. The Morgan fingerprint density at radius 1 is 0.920 bits per heavy atom. The van der Waals surface area contributed by atoms with Crippen molar-refractivity contribution in [3.8, 4) is 0 Å². The van der Waals surface area contributed by atoms with Crippen LogP contribution in [0.1, 0.15) is 27.7 Å². The maximum Gasteiger partial charge on any atom is 0.147 e. The Labute approximate surface area is 174 Å². The lowest BCUT2D eigenvalue weighted by molar-refractivity contribution is 0.482. The first kappa shape index (κ1) is 22.6. The highest BCUT2D eigenvalue weighted by Crippen LogP contribution is 2.28. The van der Waals surface area contributed by atoms with Gasteiger partial charge in [0.05, 0.1) is 15.7 Å². The molecule has 0 unspecified atom stereocenters. The lowest BCUT2D eigenvalue weighted by atomic mass is 10.3. The molecule has 25 heavy (non-hydrogen) atoms. The molecule has 0 atom stereocenters. The Kier molecular flexibility index (Phi) is 11.6. The minimum Gasteiger partial charge on any atom is -0.357 e. The van der Waals surface area contributed by atoms with Gasteiger partial charge in [0, 0.05) is 26.2 Å². The summed E-state index contributed by atoms with van der Waals surface area (Å²) in [5, 5.41) is 0. The molecule has 0 aliphatic heterocycles. The second-order valence-electron chi connectivity index (χ2n) is 4.86. The minimum atomic E-state index is 0.921. The van der Waals surface area contributed by atoms with E-state index in [1.807, 2.05) is 23.7 Å². The van der Waals surface area contributed by atoms with Crippen molar-refractivity contribution in [3.05, 3.63) is 29.8 Å². The van der Waals surface area contributed by atoms with Crippen LogP contribution < -0.4 is 0 Å². The molecule has 1 aromatic heterocycles. The van der Waals surface area contributed by atoms with Gasteiger partial charge >= 0.3 is 0 Å². The van der Waals surface area contributed by atoms with E-state index in [0.717, 1.165) is 40.3 Å². The van der Waals surface area contributed by atoms with Crippen molar-refractivity contribution < 1.29 is 0 Å².